The van der Waals surface area contributed by atoms with Gasteiger partial charge in [-0.1, -0.05) is 0 Å². The number of amides is 1. The Morgan fingerprint density at radius 1 is 1.73 bits per heavy atom. The number of rotatable bonds is 1. The zero-order valence-electron chi connectivity index (χ0n) is 6.50. The van der Waals surface area contributed by atoms with Gasteiger partial charge in [-0.2, -0.15) is 0 Å². The fraction of sp³-hybridized carbons (Fsp3) is 0.857. The van der Waals surface area contributed by atoms with Crippen LogP contribution in [0.5, 0.6) is 0 Å². The van der Waals surface area contributed by atoms with Gasteiger partial charge in [0.05, 0.1) is 11.6 Å². The van der Waals surface area contributed by atoms with E-state index in [2.05, 4.69) is 5.32 Å². The molecule has 11 heavy (non-hydrogen) atoms. The third-order valence-electron chi connectivity index (χ3n) is 2.22. The quantitative estimate of drug-likeness (QED) is 0.523. The topological polar surface area (TPSA) is 69.6 Å². The highest BCUT2D eigenvalue weighted by atomic mass is 16.4. The number of hydrogen-bond donors (Lipinski definition) is 3. The van der Waals surface area contributed by atoms with Crippen molar-refractivity contribution in [3.8, 4) is 0 Å². The Labute approximate surface area is 65.2 Å². The molecule has 1 aliphatic rings. The molecule has 0 aromatic rings. The minimum Gasteiger partial charge on any atom is -0.465 e. The van der Waals surface area contributed by atoms with Crippen molar-refractivity contribution in [3.63, 3.8) is 0 Å². The Morgan fingerprint density at radius 2 is 2.36 bits per heavy atom. The molecule has 1 unspecified atom stereocenters. The third kappa shape index (κ3) is 1.83. The van der Waals surface area contributed by atoms with Crippen LogP contribution < -0.4 is 5.32 Å². The molecule has 0 saturated heterocycles. The summed E-state index contributed by atoms with van der Waals surface area (Å²) in [5, 5.41) is 20.3. The molecule has 0 aliphatic heterocycles. The van der Waals surface area contributed by atoms with Gasteiger partial charge in [0.25, 0.3) is 0 Å². The maximum absolute atomic E-state index is 10.2. The zero-order chi connectivity index (χ0) is 8.48. The van der Waals surface area contributed by atoms with Crippen LogP contribution in [0.3, 0.4) is 0 Å². The lowest BCUT2D eigenvalue weighted by Gasteiger charge is -2.24. The summed E-state index contributed by atoms with van der Waals surface area (Å²) in [7, 11) is 0. The maximum Gasteiger partial charge on any atom is 0.404 e. The summed E-state index contributed by atoms with van der Waals surface area (Å²) < 4.78 is 0. The molecule has 0 heterocycles. The van der Waals surface area contributed by atoms with Crippen LogP contribution in [0.1, 0.15) is 26.2 Å². The van der Waals surface area contributed by atoms with Crippen molar-refractivity contribution in [2.45, 2.75) is 37.8 Å². The molecule has 1 fully saturated rings. The first kappa shape index (κ1) is 8.33. The number of carbonyl (C=O) groups is 1. The van der Waals surface area contributed by atoms with Crippen molar-refractivity contribution >= 4 is 6.09 Å². The summed E-state index contributed by atoms with van der Waals surface area (Å²) >= 11 is 0. The van der Waals surface area contributed by atoms with Gasteiger partial charge in [0.15, 0.2) is 0 Å². The standard InChI is InChI=1S/C7H13NO3/c1-7(11)4-2-3-5(7)8-6(9)10/h5,8,11H,2-4H2,1H3,(H,9,10)/t5-,7?/m0/s1. The van der Waals surface area contributed by atoms with Gasteiger partial charge in [-0.05, 0) is 26.2 Å². The SMILES string of the molecule is CC1(O)CCC[C@@H]1NC(=O)O. The van der Waals surface area contributed by atoms with Gasteiger partial charge >= 0.3 is 6.09 Å². The smallest absolute Gasteiger partial charge is 0.404 e. The van der Waals surface area contributed by atoms with Gasteiger partial charge in [0.2, 0.25) is 0 Å². The van der Waals surface area contributed by atoms with E-state index in [1.54, 1.807) is 6.92 Å². The second-order valence-electron chi connectivity index (χ2n) is 3.25. The molecule has 2 atom stereocenters. The Hall–Kier alpha value is -0.770. The minimum absolute atomic E-state index is 0.292. The van der Waals surface area contributed by atoms with Crippen LogP contribution in [0.2, 0.25) is 0 Å². The minimum atomic E-state index is -1.06. The fourth-order valence-electron chi connectivity index (χ4n) is 1.53. The van der Waals surface area contributed by atoms with E-state index in [1.807, 2.05) is 0 Å². The van der Waals surface area contributed by atoms with E-state index in [-0.39, 0.29) is 6.04 Å². The highest BCUT2D eigenvalue weighted by Gasteiger charge is 2.37. The van der Waals surface area contributed by atoms with Gasteiger partial charge < -0.3 is 15.5 Å². The monoisotopic (exact) mass is 159 g/mol. The van der Waals surface area contributed by atoms with E-state index in [1.165, 1.54) is 0 Å². The van der Waals surface area contributed by atoms with Crippen molar-refractivity contribution in [1.29, 1.82) is 0 Å². The van der Waals surface area contributed by atoms with Crippen LogP contribution in [0.4, 0.5) is 4.79 Å². The van der Waals surface area contributed by atoms with Crippen LogP contribution in [-0.2, 0) is 0 Å². The summed E-state index contributed by atoms with van der Waals surface area (Å²) in [6.07, 6.45) is 1.24. The van der Waals surface area contributed by atoms with E-state index in [0.29, 0.717) is 6.42 Å². The molecule has 0 aromatic carbocycles. The molecule has 1 amide bonds. The summed E-state index contributed by atoms with van der Waals surface area (Å²) in [5.41, 5.74) is -0.849. The molecule has 1 saturated carbocycles. The molecule has 0 bridgehead atoms. The molecule has 0 spiro atoms. The van der Waals surface area contributed by atoms with Gasteiger partial charge in [0.1, 0.15) is 0 Å². The summed E-state index contributed by atoms with van der Waals surface area (Å²) in [4.78, 5) is 10.2. The Bertz CT molecular complexity index is 167. The number of aliphatic hydroxyl groups is 1. The zero-order valence-corrected chi connectivity index (χ0v) is 6.50. The predicted molar refractivity (Wildman–Crippen MR) is 39.4 cm³/mol. The average Bonchev–Trinajstić information content (AvgIpc) is 2.10. The second-order valence-corrected chi connectivity index (χ2v) is 3.25. The van der Waals surface area contributed by atoms with E-state index in [9.17, 15) is 9.90 Å². The van der Waals surface area contributed by atoms with Crippen molar-refractivity contribution < 1.29 is 15.0 Å². The molecule has 1 aliphatic carbocycles. The number of nitrogens with one attached hydrogen (secondary N) is 1. The first-order valence-corrected chi connectivity index (χ1v) is 3.74. The third-order valence-corrected chi connectivity index (χ3v) is 2.22. The molecular weight excluding hydrogens is 146 g/mol. The van der Waals surface area contributed by atoms with Crippen molar-refractivity contribution in [2.75, 3.05) is 0 Å². The Morgan fingerprint density at radius 3 is 2.73 bits per heavy atom. The number of carboxylic acid groups (broad SMARTS) is 1. The van der Waals surface area contributed by atoms with E-state index >= 15 is 0 Å². The summed E-state index contributed by atoms with van der Waals surface area (Å²) in [5.74, 6) is 0. The molecule has 0 radical (unpaired) electrons. The fourth-order valence-corrected chi connectivity index (χ4v) is 1.53. The van der Waals surface area contributed by atoms with Crippen LogP contribution in [0.15, 0.2) is 0 Å². The van der Waals surface area contributed by atoms with Gasteiger partial charge in [-0.3, -0.25) is 0 Å². The van der Waals surface area contributed by atoms with Crippen LogP contribution >= 0.6 is 0 Å². The first-order valence-electron chi connectivity index (χ1n) is 3.74. The molecular formula is C7H13NO3. The largest absolute Gasteiger partial charge is 0.465 e. The lowest BCUT2D eigenvalue weighted by molar-refractivity contribution is 0.0394. The van der Waals surface area contributed by atoms with E-state index < -0.39 is 11.7 Å². The molecule has 3 N–H and O–H groups in total. The molecule has 1 rings (SSSR count). The highest BCUT2D eigenvalue weighted by molar-refractivity contribution is 5.65. The van der Waals surface area contributed by atoms with Gasteiger partial charge in [-0.15, -0.1) is 0 Å². The van der Waals surface area contributed by atoms with Gasteiger partial charge in [-0.25, -0.2) is 4.79 Å². The van der Waals surface area contributed by atoms with Crippen LogP contribution in [0, 0.1) is 0 Å². The lowest BCUT2D eigenvalue weighted by atomic mass is 10.0. The predicted octanol–water partition coefficient (Wildman–Crippen LogP) is 0.558. The van der Waals surface area contributed by atoms with Crippen molar-refractivity contribution in [3.05, 3.63) is 0 Å². The van der Waals surface area contributed by atoms with Crippen LogP contribution in [0.25, 0.3) is 0 Å². The molecule has 0 aromatic heterocycles. The lowest BCUT2D eigenvalue weighted by Crippen LogP contribution is -2.46. The average molecular weight is 159 g/mol. The second kappa shape index (κ2) is 2.70. The number of hydrogen-bond acceptors (Lipinski definition) is 2. The normalized spacial score (nSPS) is 37.1. The summed E-state index contributed by atoms with van der Waals surface area (Å²) in [6.45, 7) is 1.67. The van der Waals surface area contributed by atoms with E-state index in [4.69, 9.17) is 5.11 Å². The Kier molecular flexibility index (Phi) is 2.04. The first-order chi connectivity index (χ1) is 5.02. The van der Waals surface area contributed by atoms with Crippen LogP contribution in [-0.4, -0.2) is 27.9 Å². The van der Waals surface area contributed by atoms with Crippen molar-refractivity contribution in [2.24, 2.45) is 0 Å². The van der Waals surface area contributed by atoms with E-state index in [0.717, 1.165) is 12.8 Å². The maximum atomic E-state index is 10.2. The highest BCUT2D eigenvalue weighted by Crippen LogP contribution is 2.29. The summed E-state index contributed by atoms with van der Waals surface area (Å²) in [6, 6.07) is -0.292. The molecule has 4 nitrogen and oxygen atoms in total. The van der Waals surface area contributed by atoms with Gasteiger partial charge in [0, 0.05) is 0 Å². The molecule has 4 heteroatoms. The molecule has 64 valence electrons. The van der Waals surface area contributed by atoms with Crippen molar-refractivity contribution in [1.82, 2.24) is 5.32 Å². The Balaban J connectivity index is 2.51.